The first-order valence-corrected chi connectivity index (χ1v) is 5.94. The normalized spacial score (nSPS) is 19.2. The summed E-state index contributed by atoms with van der Waals surface area (Å²) in [6, 6.07) is 3.57. The number of ether oxygens (including phenoxy) is 1. The van der Waals surface area contributed by atoms with Crippen molar-refractivity contribution < 1.29 is 14.6 Å². The molecule has 1 heterocycles. The Hall–Kier alpha value is -1.75. The standard InChI is InChI=1S/C13H18N2O3/c1-8-5-9(6-11(12(8)14)13(16)17)15-4-3-10(7-15)18-2/h5-6,10H,3-4,7,14H2,1-2H3,(H,16,17). The Bertz CT molecular complexity index is 474. The molecule has 3 N–H and O–H groups in total. The average Bonchev–Trinajstić information content (AvgIpc) is 2.80. The van der Waals surface area contributed by atoms with E-state index in [2.05, 4.69) is 4.90 Å². The molecule has 5 nitrogen and oxygen atoms in total. The second kappa shape index (κ2) is 4.86. The van der Waals surface area contributed by atoms with Crippen LogP contribution in [0.1, 0.15) is 22.3 Å². The van der Waals surface area contributed by atoms with E-state index in [1.54, 1.807) is 13.2 Å². The molecule has 1 atom stereocenters. The predicted molar refractivity (Wildman–Crippen MR) is 70.2 cm³/mol. The summed E-state index contributed by atoms with van der Waals surface area (Å²) in [6.45, 7) is 3.50. The Labute approximate surface area is 106 Å². The monoisotopic (exact) mass is 250 g/mol. The van der Waals surface area contributed by atoms with Crippen molar-refractivity contribution in [3.05, 3.63) is 23.3 Å². The van der Waals surface area contributed by atoms with Crippen molar-refractivity contribution >= 4 is 17.3 Å². The smallest absolute Gasteiger partial charge is 0.337 e. The maximum absolute atomic E-state index is 11.1. The Kier molecular flexibility index (Phi) is 3.43. The van der Waals surface area contributed by atoms with Crippen LogP contribution in [0, 0.1) is 6.92 Å². The van der Waals surface area contributed by atoms with Gasteiger partial charge in [-0.3, -0.25) is 0 Å². The fourth-order valence-electron chi connectivity index (χ4n) is 2.29. The fraction of sp³-hybridized carbons (Fsp3) is 0.462. The highest BCUT2D eigenvalue weighted by Crippen LogP contribution is 2.28. The lowest BCUT2D eigenvalue weighted by molar-refractivity contribution is 0.0698. The highest BCUT2D eigenvalue weighted by molar-refractivity contribution is 5.95. The Morgan fingerprint density at radius 1 is 1.56 bits per heavy atom. The Balaban J connectivity index is 2.32. The number of benzene rings is 1. The van der Waals surface area contributed by atoms with Crippen molar-refractivity contribution in [1.29, 1.82) is 0 Å². The minimum Gasteiger partial charge on any atom is -0.478 e. The van der Waals surface area contributed by atoms with Crippen LogP contribution < -0.4 is 10.6 Å². The van der Waals surface area contributed by atoms with Crippen LogP contribution in [0.3, 0.4) is 0 Å². The molecule has 5 heteroatoms. The lowest BCUT2D eigenvalue weighted by Gasteiger charge is -2.20. The second-order valence-electron chi connectivity index (χ2n) is 4.62. The molecule has 2 rings (SSSR count). The number of aryl methyl sites for hydroxylation is 1. The summed E-state index contributed by atoms with van der Waals surface area (Å²) in [5, 5.41) is 9.13. The van der Waals surface area contributed by atoms with Gasteiger partial charge in [-0.2, -0.15) is 0 Å². The van der Waals surface area contributed by atoms with E-state index in [-0.39, 0.29) is 11.7 Å². The molecule has 1 unspecified atom stereocenters. The lowest BCUT2D eigenvalue weighted by atomic mass is 10.1. The number of hydrogen-bond acceptors (Lipinski definition) is 4. The van der Waals surface area contributed by atoms with Gasteiger partial charge < -0.3 is 20.5 Å². The van der Waals surface area contributed by atoms with Crippen LogP contribution >= 0.6 is 0 Å². The topological polar surface area (TPSA) is 75.8 Å². The van der Waals surface area contributed by atoms with E-state index in [1.807, 2.05) is 13.0 Å². The van der Waals surface area contributed by atoms with Gasteiger partial charge in [0.1, 0.15) is 0 Å². The highest BCUT2D eigenvalue weighted by atomic mass is 16.5. The molecule has 1 saturated heterocycles. The Morgan fingerprint density at radius 2 is 2.28 bits per heavy atom. The van der Waals surface area contributed by atoms with Crippen LogP contribution in [0.25, 0.3) is 0 Å². The van der Waals surface area contributed by atoms with Gasteiger partial charge in [0.2, 0.25) is 0 Å². The van der Waals surface area contributed by atoms with Crippen LogP contribution in [-0.2, 0) is 4.74 Å². The summed E-state index contributed by atoms with van der Waals surface area (Å²) in [6.07, 6.45) is 1.18. The van der Waals surface area contributed by atoms with Crippen molar-refractivity contribution in [3.63, 3.8) is 0 Å². The number of nitrogens with two attached hydrogens (primary N) is 1. The molecule has 0 amide bonds. The highest BCUT2D eigenvalue weighted by Gasteiger charge is 2.23. The zero-order chi connectivity index (χ0) is 13.3. The SMILES string of the molecule is COC1CCN(c2cc(C)c(N)c(C(=O)O)c2)C1. The molecule has 18 heavy (non-hydrogen) atoms. The largest absolute Gasteiger partial charge is 0.478 e. The number of methoxy groups -OCH3 is 1. The maximum atomic E-state index is 11.1. The third-order valence-corrected chi connectivity index (χ3v) is 3.45. The maximum Gasteiger partial charge on any atom is 0.337 e. The molecular weight excluding hydrogens is 232 g/mol. The number of aromatic carboxylic acids is 1. The van der Waals surface area contributed by atoms with Gasteiger partial charge in [-0.15, -0.1) is 0 Å². The predicted octanol–water partition coefficient (Wildman–Crippen LogP) is 1.50. The Morgan fingerprint density at radius 3 is 2.83 bits per heavy atom. The first-order valence-electron chi connectivity index (χ1n) is 5.94. The first-order chi connectivity index (χ1) is 8.52. The number of rotatable bonds is 3. The molecular formula is C13H18N2O3. The quantitative estimate of drug-likeness (QED) is 0.795. The zero-order valence-electron chi connectivity index (χ0n) is 10.6. The van der Waals surface area contributed by atoms with Crippen molar-refractivity contribution in [2.24, 2.45) is 0 Å². The zero-order valence-corrected chi connectivity index (χ0v) is 10.6. The lowest BCUT2D eigenvalue weighted by Crippen LogP contribution is -2.22. The molecule has 1 aromatic rings. The van der Waals surface area contributed by atoms with Crippen molar-refractivity contribution in [1.82, 2.24) is 0 Å². The van der Waals surface area contributed by atoms with Crippen molar-refractivity contribution in [2.45, 2.75) is 19.4 Å². The number of nitrogen functional groups attached to an aromatic ring is 1. The van der Waals surface area contributed by atoms with E-state index in [0.29, 0.717) is 5.69 Å². The van der Waals surface area contributed by atoms with E-state index in [1.165, 1.54) is 0 Å². The van der Waals surface area contributed by atoms with E-state index in [4.69, 9.17) is 15.6 Å². The molecule has 0 radical (unpaired) electrons. The number of anilines is 2. The van der Waals surface area contributed by atoms with Gasteiger partial charge in [0, 0.05) is 31.6 Å². The number of carboxylic acid groups (broad SMARTS) is 1. The molecule has 1 aliphatic heterocycles. The summed E-state index contributed by atoms with van der Waals surface area (Å²) in [5.41, 5.74) is 7.99. The molecule has 0 saturated carbocycles. The van der Waals surface area contributed by atoms with Gasteiger partial charge in [0.15, 0.2) is 0 Å². The molecule has 1 aromatic carbocycles. The molecule has 0 aromatic heterocycles. The molecule has 0 aliphatic carbocycles. The summed E-state index contributed by atoms with van der Waals surface area (Å²) < 4.78 is 5.31. The minimum atomic E-state index is -0.986. The van der Waals surface area contributed by atoms with Gasteiger partial charge >= 0.3 is 5.97 Å². The second-order valence-corrected chi connectivity index (χ2v) is 4.62. The van der Waals surface area contributed by atoms with E-state index < -0.39 is 5.97 Å². The summed E-state index contributed by atoms with van der Waals surface area (Å²) in [4.78, 5) is 13.3. The van der Waals surface area contributed by atoms with E-state index in [9.17, 15) is 4.79 Å². The molecule has 0 spiro atoms. The van der Waals surface area contributed by atoms with Gasteiger partial charge in [0.25, 0.3) is 0 Å². The summed E-state index contributed by atoms with van der Waals surface area (Å²) in [7, 11) is 1.70. The number of carboxylic acids is 1. The third kappa shape index (κ3) is 2.26. The van der Waals surface area contributed by atoms with Crippen molar-refractivity contribution in [2.75, 3.05) is 30.8 Å². The third-order valence-electron chi connectivity index (χ3n) is 3.45. The minimum absolute atomic E-state index is 0.172. The average molecular weight is 250 g/mol. The van der Waals surface area contributed by atoms with Crippen molar-refractivity contribution in [3.8, 4) is 0 Å². The van der Waals surface area contributed by atoms with Crippen LogP contribution in [0.4, 0.5) is 11.4 Å². The van der Waals surface area contributed by atoms with Gasteiger partial charge in [-0.1, -0.05) is 0 Å². The summed E-state index contributed by atoms with van der Waals surface area (Å²) in [5.74, 6) is -0.986. The van der Waals surface area contributed by atoms with Crippen LogP contribution in [0.2, 0.25) is 0 Å². The van der Waals surface area contributed by atoms with Crippen LogP contribution in [0.5, 0.6) is 0 Å². The number of carbonyl (C=O) groups is 1. The number of nitrogens with zero attached hydrogens (tertiary/aromatic N) is 1. The van der Waals surface area contributed by atoms with Crippen LogP contribution in [-0.4, -0.2) is 37.4 Å². The van der Waals surface area contributed by atoms with E-state index in [0.717, 1.165) is 30.8 Å². The van der Waals surface area contributed by atoms with Gasteiger partial charge in [-0.05, 0) is 31.0 Å². The molecule has 0 bridgehead atoms. The fourth-order valence-corrected chi connectivity index (χ4v) is 2.29. The van der Waals surface area contributed by atoms with Gasteiger partial charge in [0.05, 0.1) is 11.7 Å². The van der Waals surface area contributed by atoms with Gasteiger partial charge in [-0.25, -0.2) is 4.79 Å². The van der Waals surface area contributed by atoms with Crippen LogP contribution in [0.15, 0.2) is 12.1 Å². The molecule has 98 valence electrons. The first kappa shape index (κ1) is 12.7. The van der Waals surface area contributed by atoms with E-state index >= 15 is 0 Å². The molecule has 1 fully saturated rings. The molecule has 1 aliphatic rings. The summed E-state index contributed by atoms with van der Waals surface area (Å²) >= 11 is 0. The number of hydrogen-bond donors (Lipinski definition) is 2.